The van der Waals surface area contributed by atoms with Gasteiger partial charge in [0, 0.05) is 25.7 Å². The van der Waals surface area contributed by atoms with Gasteiger partial charge in [0.2, 0.25) is 0 Å². The molecule has 0 aromatic heterocycles. The van der Waals surface area contributed by atoms with E-state index in [1.807, 2.05) is 48.6 Å². The van der Waals surface area contributed by atoms with Crippen molar-refractivity contribution in [2.75, 3.05) is 39.6 Å². The molecule has 610 valence electrons. The van der Waals surface area contributed by atoms with E-state index in [0.717, 1.165) is 116 Å². The number of allylic oxidation sites excluding steroid dienone is 32. The van der Waals surface area contributed by atoms with Crippen LogP contribution < -0.4 is 0 Å². The third-order valence-corrected chi connectivity index (χ3v) is 18.0. The summed E-state index contributed by atoms with van der Waals surface area (Å²) in [5.74, 6) is -2.45. The number of aliphatic hydroxyl groups excluding tert-OH is 1. The Morgan fingerprint density at radius 3 is 0.815 bits per heavy atom. The lowest BCUT2D eigenvalue weighted by Crippen LogP contribution is -2.30. The zero-order chi connectivity index (χ0) is 78.9. The van der Waals surface area contributed by atoms with E-state index in [-0.39, 0.29) is 25.7 Å². The molecular formula is C89H142O17P2. The fourth-order valence-corrected chi connectivity index (χ4v) is 11.5. The summed E-state index contributed by atoms with van der Waals surface area (Å²) in [5.41, 5.74) is 0. The Balaban J connectivity index is 5.55. The number of carbonyl (C=O) groups excluding carboxylic acids is 4. The highest BCUT2D eigenvalue weighted by molar-refractivity contribution is 7.47. The smallest absolute Gasteiger partial charge is 0.462 e. The average molecular weight is 1550 g/mol. The number of rotatable bonds is 74. The van der Waals surface area contributed by atoms with Crippen LogP contribution in [-0.4, -0.2) is 96.7 Å². The van der Waals surface area contributed by atoms with Gasteiger partial charge in [0.1, 0.15) is 19.3 Å². The highest BCUT2D eigenvalue weighted by Gasteiger charge is 2.30. The van der Waals surface area contributed by atoms with E-state index >= 15 is 0 Å². The Bertz CT molecular complexity index is 2810. The van der Waals surface area contributed by atoms with Crippen LogP contribution in [0, 0.1) is 0 Å². The second-order valence-corrected chi connectivity index (χ2v) is 29.2. The molecule has 0 aliphatic carbocycles. The Morgan fingerprint density at radius 2 is 0.509 bits per heavy atom. The molecule has 0 spiro atoms. The lowest BCUT2D eigenvalue weighted by atomic mass is 10.0. The van der Waals surface area contributed by atoms with Crippen molar-refractivity contribution in [1.29, 1.82) is 0 Å². The number of hydrogen-bond donors (Lipinski definition) is 3. The molecule has 108 heavy (non-hydrogen) atoms. The number of phosphoric ester groups is 2. The molecule has 0 fully saturated rings. The van der Waals surface area contributed by atoms with Gasteiger partial charge in [-0.25, -0.2) is 9.13 Å². The summed E-state index contributed by atoms with van der Waals surface area (Å²) in [6.45, 7) is 4.36. The standard InChI is InChI=1S/C89H142O17P2/c1-5-9-13-17-21-25-29-33-36-39-41-44-46-50-53-57-61-65-69-73-86(91)99-79-84(105-88(93)75-71-67-63-59-55-49-32-28-24-20-16-12-8-4)81-103-107(95,96)101-77-83(90)78-102-108(97,98)104-82-85(106-89(94)76-72-68-64-60-56-52-48-43-38-35-31-27-23-19-15-11-7-3)80-100-87(92)74-70-66-62-58-54-51-47-45-42-40-37-34-30-26-22-18-14-10-6-2/h9-10,13-14,21-23,25-27,33-38,41-42,44-45,48,50-54,60-62,64-66,83-85,90H,5-8,11-12,15-20,24,28-32,39-40,43,46-47,49,55-59,63,67-82H2,1-4H3,(H,95,96)(H,97,98)/b13-9-,14-10-,25-21-,26-22-,27-23-,36-33-,37-34-,38-35-,44-41-,45-42-,52-48-,53-50-,54-51-,64-60-,65-61-,66-62-/t83-,84+,85+/m0/s1. The SMILES string of the molecule is CC/C=C\C/C=C\C/C=C\C/C=C\C/C=C\C/C=C\CCC(=O)OC[C@H](COP(=O)(O)OC[C@@H](O)COP(=O)(O)OC[C@@H](COC(=O)CC/C=C\C/C=C\C/C=C\C/C=C\C/C=C\C/C=C\CC)OC(=O)CCCCCCCCCCCCCCC)OC(=O)CCC/C=C\C/C=C\C/C=C\C/C=C\CCCCC. The molecule has 3 N–H and O–H groups in total. The number of ether oxygens (including phenoxy) is 4. The number of unbranched alkanes of at least 4 members (excludes halogenated alkanes) is 16. The first-order valence-electron chi connectivity index (χ1n) is 40.7. The van der Waals surface area contributed by atoms with Crippen LogP contribution in [0.2, 0.25) is 0 Å². The maximum absolute atomic E-state index is 13.1. The molecule has 0 rings (SSSR count). The Kier molecular flexibility index (Phi) is 74.5. The van der Waals surface area contributed by atoms with Gasteiger partial charge in [-0.15, -0.1) is 0 Å². The largest absolute Gasteiger partial charge is 0.472 e. The molecule has 0 aliphatic heterocycles. The molecule has 0 radical (unpaired) electrons. The van der Waals surface area contributed by atoms with Crippen LogP contribution in [0.1, 0.15) is 285 Å². The fourth-order valence-electron chi connectivity index (χ4n) is 9.97. The van der Waals surface area contributed by atoms with Gasteiger partial charge in [0.15, 0.2) is 12.2 Å². The van der Waals surface area contributed by atoms with Crippen molar-refractivity contribution in [3.8, 4) is 0 Å². The van der Waals surface area contributed by atoms with Crippen LogP contribution in [0.5, 0.6) is 0 Å². The van der Waals surface area contributed by atoms with Crippen molar-refractivity contribution >= 4 is 39.5 Å². The van der Waals surface area contributed by atoms with Crippen molar-refractivity contribution in [2.24, 2.45) is 0 Å². The van der Waals surface area contributed by atoms with Crippen LogP contribution in [0.4, 0.5) is 0 Å². The number of carbonyl (C=O) groups is 4. The summed E-state index contributed by atoms with van der Waals surface area (Å²) >= 11 is 0. The predicted octanol–water partition coefficient (Wildman–Crippen LogP) is 24.1. The molecule has 0 aromatic rings. The van der Waals surface area contributed by atoms with Crippen LogP contribution >= 0.6 is 15.6 Å². The molecule has 5 atom stereocenters. The minimum Gasteiger partial charge on any atom is -0.462 e. The van der Waals surface area contributed by atoms with Gasteiger partial charge in [-0.2, -0.15) is 0 Å². The second-order valence-electron chi connectivity index (χ2n) is 26.2. The third kappa shape index (κ3) is 78.0. The van der Waals surface area contributed by atoms with Crippen LogP contribution in [0.25, 0.3) is 0 Å². The van der Waals surface area contributed by atoms with E-state index in [1.54, 1.807) is 0 Å². The minimum atomic E-state index is -5.02. The molecule has 2 unspecified atom stereocenters. The zero-order valence-corrected chi connectivity index (χ0v) is 68.5. The molecule has 0 bridgehead atoms. The van der Waals surface area contributed by atoms with Crippen molar-refractivity contribution in [3.05, 3.63) is 194 Å². The van der Waals surface area contributed by atoms with Crippen molar-refractivity contribution < 1.29 is 80.2 Å². The third-order valence-electron chi connectivity index (χ3n) is 16.1. The van der Waals surface area contributed by atoms with E-state index < -0.39 is 97.5 Å². The molecule has 0 aliphatic rings. The normalized spacial score (nSPS) is 14.8. The molecule has 0 saturated carbocycles. The van der Waals surface area contributed by atoms with E-state index in [1.165, 1.54) is 70.6 Å². The first-order chi connectivity index (χ1) is 52.7. The summed E-state index contributed by atoms with van der Waals surface area (Å²) in [6, 6.07) is 0. The molecule has 0 saturated heterocycles. The summed E-state index contributed by atoms with van der Waals surface area (Å²) in [6.07, 6.45) is 97.3. The second kappa shape index (κ2) is 79.0. The number of esters is 4. The van der Waals surface area contributed by atoms with Crippen LogP contribution in [0.15, 0.2) is 194 Å². The van der Waals surface area contributed by atoms with Gasteiger partial charge in [0.25, 0.3) is 0 Å². The van der Waals surface area contributed by atoms with E-state index in [2.05, 4.69) is 174 Å². The molecular weight excluding hydrogens is 1400 g/mol. The van der Waals surface area contributed by atoms with E-state index in [9.17, 15) is 43.2 Å². The van der Waals surface area contributed by atoms with Gasteiger partial charge in [-0.1, -0.05) is 312 Å². The zero-order valence-electron chi connectivity index (χ0n) is 66.7. The molecule has 0 heterocycles. The number of phosphoric acid groups is 2. The van der Waals surface area contributed by atoms with Crippen LogP contribution in [0.3, 0.4) is 0 Å². The topological polar surface area (TPSA) is 237 Å². The first kappa shape index (κ1) is 102. The van der Waals surface area contributed by atoms with E-state index in [0.29, 0.717) is 44.9 Å². The fraction of sp³-hybridized carbons (Fsp3) is 0.596. The van der Waals surface area contributed by atoms with Gasteiger partial charge in [-0.05, 0) is 141 Å². The molecule has 0 amide bonds. The van der Waals surface area contributed by atoms with Gasteiger partial charge in [0.05, 0.1) is 26.4 Å². The highest BCUT2D eigenvalue weighted by atomic mass is 31.2. The first-order valence-corrected chi connectivity index (χ1v) is 43.7. The van der Waals surface area contributed by atoms with Gasteiger partial charge in [-0.3, -0.25) is 37.3 Å². The maximum Gasteiger partial charge on any atom is 0.472 e. The molecule has 17 nitrogen and oxygen atoms in total. The van der Waals surface area contributed by atoms with Crippen LogP contribution in [-0.2, 0) is 65.4 Å². The lowest BCUT2D eigenvalue weighted by Gasteiger charge is -2.21. The summed E-state index contributed by atoms with van der Waals surface area (Å²) in [5, 5.41) is 10.6. The Morgan fingerprint density at radius 1 is 0.269 bits per heavy atom. The van der Waals surface area contributed by atoms with Crippen molar-refractivity contribution in [3.63, 3.8) is 0 Å². The average Bonchev–Trinajstić information content (AvgIpc) is 0.886. The Labute approximate surface area is 653 Å². The number of aliphatic hydroxyl groups is 1. The quantitative estimate of drug-likeness (QED) is 0.0169. The Hall–Kier alpha value is -6.10. The molecule has 19 heteroatoms. The minimum absolute atomic E-state index is 0.00578. The predicted molar refractivity (Wildman–Crippen MR) is 445 cm³/mol. The summed E-state index contributed by atoms with van der Waals surface area (Å²) < 4.78 is 68.4. The highest BCUT2D eigenvalue weighted by Crippen LogP contribution is 2.45. The van der Waals surface area contributed by atoms with Gasteiger partial charge < -0.3 is 33.8 Å². The molecule has 0 aromatic carbocycles. The van der Waals surface area contributed by atoms with Gasteiger partial charge >= 0.3 is 39.5 Å². The maximum atomic E-state index is 13.1. The van der Waals surface area contributed by atoms with Crippen molar-refractivity contribution in [1.82, 2.24) is 0 Å². The van der Waals surface area contributed by atoms with E-state index in [4.69, 9.17) is 37.0 Å². The lowest BCUT2D eigenvalue weighted by molar-refractivity contribution is -0.161. The summed E-state index contributed by atoms with van der Waals surface area (Å²) in [7, 11) is -10.0. The van der Waals surface area contributed by atoms with Crippen molar-refractivity contribution in [2.45, 2.75) is 303 Å². The monoisotopic (exact) mass is 1540 g/mol. The summed E-state index contributed by atoms with van der Waals surface area (Å²) in [4.78, 5) is 73.0. The number of hydrogen-bond acceptors (Lipinski definition) is 15.